The Morgan fingerprint density at radius 3 is 2.88 bits per heavy atom. The van der Waals surface area contributed by atoms with Gasteiger partial charge in [0.2, 0.25) is 0 Å². The Balaban J connectivity index is 1.71. The first-order chi connectivity index (χ1) is 15.9. The molecule has 1 aromatic carbocycles. The average molecular weight is 467 g/mol. The molecule has 2 heterocycles. The lowest BCUT2D eigenvalue weighted by molar-refractivity contribution is 0.202. The minimum Gasteiger partial charge on any atom is -0.489 e. The number of rotatable bonds is 5. The number of hydrogen-bond acceptors (Lipinski definition) is 6. The quantitative estimate of drug-likeness (QED) is 0.557. The number of aromatic nitrogens is 4. The summed E-state index contributed by atoms with van der Waals surface area (Å²) in [4.78, 5) is 12.2. The molecule has 0 saturated heterocycles. The molecule has 3 aromatic rings. The second-order valence-electron chi connectivity index (χ2n) is 8.09. The molecule has 2 atom stereocenters. The van der Waals surface area contributed by atoms with Crippen molar-refractivity contribution in [2.75, 3.05) is 0 Å². The van der Waals surface area contributed by atoms with E-state index in [1.54, 1.807) is 31.4 Å². The van der Waals surface area contributed by atoms with Crippen LogP contribution < -0.4 is 11.3 Å². The van der Waals surface area contributed by atoms with Crippen LogP contribution in [0, 0.1) is 11.3 Å². The van der Waals surface area contributed by atoms with Crippen molar-refractivity contribution in [1.29, 1.82) is 5.26 Å². The Labute approximate surface area is 193 Å². The van der Waals surface area contributed by atoms with E-state index in [2.05, 4.69) is 21.4 Å². The third-order valence-corrected chi connectivity index (χ3v) is 6.22. The van der Waals surface area contributed by atoms with E-state index in [1.165, 1.54) is 10.8 Å². The second kappa shape index (κ2) is 8.14. The maximum atomic E-state index is 15.5. The number of nitrogens with two attached hydrogens (primary N) is 1. The van der Waals surface area contributed by atoms with Crippen LogP contribution in [-0.2, 0) is 18.3 Å². The number of ether oxygens (including phenoxy) is 1. The van der Waals surface area contributed by atoms with Gasteiger partial charge in [0.05, 0.1) is 34.5 Å². The average Bonchev–Trinajstić information content (AvgIpc) is 3.55. The van der Waals surface area contributed by atoms with Gasteiger partial charge in [-0.05, 0) is 36.6 Å². The van der Waals surface area contributed by atoms with Crippen LogP contribution in [-0.4, -0.2) is 37.6 Å². The second-order valence-corrected chi connectivity index (χ2v) is 8.59. The minimum absolute atomic E-state index is 0.0210. The summed E-state index contributed by atoms with van der Waals surface area (Å²) in [7, 11) is 1.68. The number of nitrogens with zero attached hydrogens (tertiary/aromatic N) is 4. The molecular formula is C23H20ClFN6O2. The maximum absolute atomic E-state index is 15.5. The number of nitriles is 1. The lowest BCUT2D eigenvalue weighted by atomic mass is 9.88. The predicted octanol–water partition coefficient (Wildman–Crippen LogP) is 3.08. The SMILES string of the molecule is Cn1ncc(-c2ccc3c(=O)[nH]nc(CN)c3c2)c1C1=C(C#N)C(OC2CC2)=C[C@H](Cl)C1F. The summed E-state index contributed by atoms with van der Waals surface area (Å²) < 4.78 is 22.9. The van der Waals surface area contributed by atoms with Crippen LogP contribution in [0.4, 0.5) is 4.39 Å². The maximum Gasteiger partial charge on any atom is 0.272 e. The van der Waals surface area contributed by atoms with Crippen LogP contribution >= 0.6 is 11.6 Å². The summed E-state index contributed by atoms with van der Waals surface area (Å²) in [6.45, 7) is 0.132. The van der Waals surface area contributed by atoms with Crippen molar-refractivity contribution in [3.63, 3.8) is 0 Å². The normalized spacial score (nSPS) is 20.6. The molecule has 2 aliphatic carbocycles. The number of aromatic amines is 1. The molecule has 2 aliphatic rings. The predicted molar refractivity (Wildman–Crippen MR) is 122 cm³/mol. The zero-order valence-corrected chi connectivity index (χ0v) is 18.4. The molecule has 0 radical (unpaired) electrons. The number of H-pyrrole nitrogens is 1. The van der Waals surface area contributed by atoms with Crippen LogP contribution in [0.2, 0.25) is 0 Å². The number of fused-ring (bicyclic) bond motifs is 1. The zero-order valence-electron chi connectivity index (χ0n) is 17.7. The Kier molecular flexibility index (Phi) is 5.27. The molecule has 0 spiro atoms. The number of aryl methyl sites for hydroxylation is 1. The third kappa shape index (κ3) is 3.61. The molecule has 0 amide bonds. The van der Waals surface area contributed by atoms with E-state index < -0.39 is 11.5 Å². The smallest absolute Gasteiger partial charge is 0.272 e. The van der Waals surface area contributed by atoms with Gasteiger partial charge < -0.3 is 10.5 Å². The van der Waals surface area contributed by atoms with Gasteiger partial charge in [0.15, 0.2) is 0 Å². The molecule has 5 rings (SSSR count). The lowest BCUT2D eigenvalue weighted by Gasteiger charge is -2.25. The first-order valence-electron chi connectivity index (χ1n) is 10.5. The lowest BCUT2D eigenvalue weighted by Crippen LogP contribution is -2.25. The van der Waals surface area contributed by atoms with Crippen LogP contribution in [0.3, 0.4) is 0 Å². The highest BCUT2D eigenvalue weighted by Gasteiger charge is 2.38. The van der Waals surface area contributed by atoms with E-state index in [-0.39, 0.29) is 29.4 Å². The van der Waals surface area contributed by atoms with Gasteiger partial charge >= 0.3 is 0 Å². The van der Waals surface area contributed by atoms with Gasteiger partial charge in [0, 0.05) is 30.1 Å². The van der Waals surface area contributed by atoms with Crippen molar-refractivity contribution >= 4 is 27.9 Å². The first-order valence-corrected chi connectivity index (χ1v) is 10.9. The van der Waals surface area contributed by atoms with E-state index in [1.807, 2.05) is 0 Å². The number of benzene rings is 1. The number of allylic oxidation sites excluding steroid dienone is 3. The van der Waals surface area contributed by atoms with Crippen LogP contribution in [0.1, 0.15) is 24.2 Å². The third-order valence-electron chi connectivity index (χ3n) is 5.88. The van der Waals surface area contributed by atoms with Gasteiger partial charge in [-0.3, -0.25) is 9.48 Å². The highest BCUT2D eigenvalue weighted by atomic mass is 35.5. The molecule has 1 unspecified atom stereocenters. The van der Waals surface area contributed by atoms with Gasteiger partial charge in [-0.1, -0.05) is 6.07 Å². The van der Waals surface area contributed by atoms with E-state index >= 15 is 4.39 Å². The van der Waals surface area contributed by atoms with Crippen molar-refractivity contribution < 1.29 is 9.13 Å². The molecule has 1 fully saturated rings. The fraction of sp³-hybridized carbons (Fsp3) is 0.304. The van der Waals surface area contributed by atoms with Gasteiger partial charge in [-0.15, -0.1) is 11.6 Å². The minimum atomic E-state index is -1.63. The monoisotopic (exact) mass is 466 g/mol. The summed E-state index contributed by atoms with van der Waals surface area (Å²) in [6.07, 6.45) is 3.23. The number of alkyl halides is 2. The molecule has 3 N–H and O–H groups in total. The van der Waals surface area contributed by atoms with Crippen molar-refractivity contribution in [3.05, 3.63) is 63.5 Å². The largest absolute Gasteiger partial charge is 0.489 e. The standard InChI is InChI=1S/C23H20ClFN6O2/c1-31-22(20-15(8-26)19(33-12-3-4-12)7-17(24)21(20)25)16(10-28-31)11-2-5-13-14(6-11)18(9-27)29-30-23(13)32/h2,5-7,10,12,17,21H,3-4,9,27H2,1H3,(H,30,32)/t17-,21?/m0/s1. The molecule has 0 bridgehead atoms. The fourth-order valence-electron chi connectivity index (χ4n) is 4.08. The summed E-state index contributed by atoms with van der Waals surface area (Å²) in [6, 6.07) is 7.30. The van der Waals surface area contributed by atoms with Gasteiger partial charge in [0.1, 0.15) is 23.6 Å². The fourth-order valence-corrected chi connectivity index (χ4v) is 4.32. The van der Waals surface area contributed by atoms with Crippen LogP contribution in [0.5, 0.6) is 0 Å². The summed E-state index contributed by atoms with van der Waals surface area (Å²) in [5.74, 6) is 0.302. The van der Waals surface area contributed by atoms with E-state index in [0.29, 0.717) is 39.0 Å². The number of nitrogens with one attached hydrogen (secondary N) is 1. The van der Waals surface area contributed by atoms with Crippen LogP contribution in [0.25, 0.3) is 27.5 Å². The van der Waals surface area contributed by atoms with E-state index in [0.717, 1.165) is 12.8 Å². The van der Waals surface area contributed by atoms with Gasteiger partial charge in [-0.25, -0.2) is 9.49 Å². The Morgan fingerprint density at radius 1 is 1.39 bits per heavy atom. The number of halogens is 2. The van der Waals surface area contributed by atoms with E-state index in [9.17, 15) is 10.1 Å². The molecule has 2 aromatic heterocycles. The highest BCUT2D eigenvalue weighted by molar-refractivity contribution is 6.23. The zero-order chi connectivity index (χ0) is 23.3. The summed E-state index contributed by atoms with van der Waals surface area (Å²) in [5, 5.41) is 20.8. The van der Waals surface area contributed by atoms with Crippen molar-refractivity contribution in [1.82, 2.24) is 20.0 Å². The molecule has 1 saturated carbocycles. The molecular weight excluding hydrogens is 447 g/mol. The Hall–Kier alpha value is -3.48. The topological polar surface area (TPSA) is 123 Å². The molecule has 33 heavy (non-hydrogen) atoms. The molecule has 10 heteroatoms. The molecule has 168 valence electrons. The first kappa shape index (κ1) is 21.4. The van der Waals surface area contributed by atoms with Gasteiger partial charge in [-0.2, -0.15) is 15.5 Å². The summed E-state index contributed by atoms with van der Waals surface area (Å²) in [5.41, 5.74) is 7.93. The molecule has 8 nitrogen and oxygen atoms in total. The van der Waals surface area contributed by atoms with Crippen molar-refractivity contribution in [2.45, 2.75) is 37.0 Å². The molecule has 0 aliphatic heterocycles. The van der Waals surface area contributed by atoms with Crippen molar-refractivity contribution in [3.8, 4) is 17.2 Å². The van der Waals surface area contributed by atoms with Gasteiger partial charge in [0.25, 0.3) is 5.56 Å². The van der Waals surface area contributed by atoms with Crippen LogP contribution in [0.15, 0.2) is 46.6 Å². The van der Waals surface area contributed by atoms with E-state index in [4.69, 9.17) is 22.1 Å². The Morgan fingerprint density at radius 2 is 2.18 bits per heavy atom. The Bertz CT molecular complexity index is 1430. The number of hydrogen-bond donors (Lipinski definition) is 2. The highest BCUT2D eigenvalue weighted by Crippen LogP contribution is 2.42. The summed E-state index contributed by atoms with van der Waals surface area (Å²) >= 11 is 6.32. The van der Waals surface area contributed by atoms with Crippen molar-refractivity contribution in [2.24, 2.45) is 12.8 Å².